The van der Waals surface area contributed by atoms with Crippen LogP contribution in [0.25, 0.3) is 0 Å². The van der Waals surface area contributed by atoms with Crippen LogP contribution in [0.3, 0.4) is 0 Å². The third-order valence-electron chi connectivity index (χ3n) is 3.70. The first kappa shape index (κ1) is 17.7. The molecule has 0 spiro atoms. The number of carbonyl (C=O) groups excluding carboxylic acids is 1. The molecule has 0 aliphatic carbocycles. The lowest BCUT2D eigenvalue weighted by Crippen LogP contribution is -2.49. The Kier molecular flexibility index (Phi) is 4.71. The Bertz CT molecular complexity index is 671. The molecule has 0 unspecified atom stereocenters. The number of halogens is 3. The van der Waals surface area contributed by atoms with Gasteiger partial charge >= 0.3 is 12.1 Å². The normalized spacial score (nSPS) is 18.1. The van der Waals surface area contributed by atoms with Crippen LogP contribution >= 0.6 is 0 Å². The van der Waals surface area contributed by atoms with E-state index in [0.29, 0.717) is 11.4 Å². The maximum Gasteiger partial charge on any atom is 0.471 e. The summed E-state index contributed by atoms with van der Waals surface area (Å²) in [6.07, 6.45) is -4.69. The lowest BCUT2D eigenvalue weighted by atomic mass is 10.1. The van der Waals surface area contributed by atoms with Crippen LogP contribution in [0.1, 0.15) is 24.2 Å². The molecule has 2 rings (SSSR count). The largest absolute Gasteiger partial charge is 0.471 e. The second-order valence-electron chi connectivity index (χ2n) is 5.41. The van der Waals surface area contributed by atoms with Gasteiger partial charge in [-0.05, 0) is 26.7 Å². The number of nitrogens with zero attached hydrogens (tertiary/aromatic N) is 2. The Morgan fingerprint density at radius 2 is 1.87 bits per heavy atom. The molecule has 0 bridgehead atoms. The minimum absolute atomic E-state index is 0.0369. The molecule has 1 aliphatic heterocycles. The average molecular weight is 354 g/mol. The fraction of sp³-hybridized carbons (Fsp3) is 0.667. The minimum Gasteiger partial charge on any atom is -0.345 e. The highest BCUT2D eigenvalue weighted by Gasteiger charge is 2.41. The highest BCUT2D eigenvalue weighted by atomic mass is 32.2. The lowest BCUT2D eigenvalue weighted by molar-refractivity contribution is -0.174. The van der Waals surface area contributed by atoms with E-state index < -0.39 is 28.1 Å². The highest BCUT2D eigenvalue weighted by molar-refractivity contribution is 7.89. The molecule has 1 saturated heterocycles. The molecule has 23 heavy (non-hydrogen) atoms. The van der Waals surface area contributed by atoms with Crippen LogP contribution in [0.4, 0.5) is 13.2 Å². The maximum absolute atomic E-state index is 12.6. The van der Waals surface area contributed by atoms with Gasteiger partial charge in [-0.1, -0.05) is 0 Å². The molecule has 1 fully saturated rings. The number of H-pyrrole nitrogens is 1. The van der Waals surface area contributed by atoms with Gasteiger partial charge in [-0.15, -0.1) is 0 Å². The fourth-order valence-corrected chi connectivity index (χ4v) is 4.36. The summed E-state index contributed by atoms with van der Waals surface area (Å²) in [5.41, 5.74) is 0.755. The van der Waals surface area contributed by atoms with Gasteiger partial charge in [0.2, 0.25) is 10.0 Å². The molecule has 0 aromatic carbocycles. The third-order valence-corrected chi connectivity index (χ3v) is 5.87. The van der Waals surface area contributed by atoms with Crippen molar-refractivity contribution in [3.63, 3.8) is 0 Å². The van der Waals surface area contributed by atoms with Gasteiger partial charge in [0, 0.05) is 19.1 Å². The van der Waals surface area contributed by atoms with Crippen LogP contribution in [-0.4, -0.2) is 54.1 Å². The summed E-state index contributed by atoms with van der Waals surface area (Å²) in [7, 11) is -3.76. The molecule has 0 atom stereocenters. The molecule has 1 amide bonds. The zero-order chi connectivity index (χ0) is 17.4. The summed E-state index contributed by atoms with van der Waals surface area (Å²) < 4.78 is 63.0. The van der Waals surface area contributed by atoms with Crippen LogP contribution in [0, 0.1) is 13.8 Å². The van der Waals surface area contributed by atoms with Gasteiger partial charge in [0.1, 0.15) is 4.90 Å². The van der Waals surface area contributed by atoms with Crippen molar-refractivity contribution < 1.29 is 26.4 Å². The van der Waals surface area contributed by atoms with Gasteiger partial charge in [-0.3, -0.25) is 9.89 Å². The van der Waals surface area contributed by atoms with Gasteiger partial charge in [0.05, 0.1) is 11.4 Å². The predicted octanol–water partition coefficient (Wildman–Crippen LogP) is 0.858. The van der Waals surface area contributed by atoms with Crippen molar-refractivity contribution in [2.24, 2.45) is 0 Å². The van der Waals surface area contributed by atoms with Gasteiger partial charge in [-0.2, -0.15) is 22.6 Å². The Labute approximate surface area is 131 Å². The number of aromatic nitrogens is 2. The van der Waals surface area contributed by atoms with Crippen LogP contribution in [0.2, 0.25) is 0 Å². The Balaban J connectivity index is 2.03. The van der Waals surface area contributed by atoms with Crippen molar-refractivity contribution in [1.29, 1.82) is 0 Å². The number of rotatable bonds is 3. The molecule has 2 heterocycles. The summed E-state index contributed by atoms with van der Waals surface area (Å²) in [5, 5.41) is 8.33. The SMILES string of the molecule is Cc1n[nH]c(C)c1S(=O)(=O)N1CCC(NC(=O)C(F)(F)F)CC1. The number of piperidine rings is 1. The smallest absolute Gasteiger partial charge is 0.345 e. The molecule has 1 aromatic rings. The molecule has 1 aromatic heterocycles. The summed E-state index contributed by atoms with van der Waals surface area (Å²) in [6, 6.07) is -0.692. The number of hydrogen-bond acceptors (Lipinski definition) is 4. The van der Waals surface area contributed by atoms with E-state index in [2.05, 4.69) is 10.2 Å². The van der Waals surface area contributed by atoms with E-state index in [1.165, 1.54) is 4.31 Å². The predicted molar refractivity (Wildman–Crippen MR) is 74.0 cm³/mol. The summed E-state index contributed by atoms with van der Waals surface area (Å²) in [4.78, 5) is 11.0. The van der Waals surface area contributed by atoms with Gasteiger partial charge < -0.3 is 5.32 Å². The van der Waals surface area contributed by atoms with Crippen molar-refractivity contribution >= 4 is 15.9 Å². The Morgan fingerprint density at radius 3 is 2.30 bits per heavy atom. The topological polar surface area (TPSA) is 95.2 Å². The van der Waals surface area contributed by atoms with E-state index in [0.717, 1.165) is 0 Å². The van der Waals surface area contributed by atoms with Crippen molar-refractivity contribution in [2.45, 2.75) is 43.8 Å². The molecule has 130 valence electrons. The van der Waals surface area contributed by atoms with Crippen LogP contribution in [-0.2, 0) is 14.8 Å². The quantitative estimate of drug-likeness (QED) is 0.842. The van der Waals surface area contributed by atoms with Crippen LogP contribution < -0.4 is 5.32 Å². The summed E-state index contributed by atoms with van der Waals surface area (Å²) >= 11 is 0. The first-order valence-corrected chi connectivity index (χ1v) is 8.37. The maximum atomic E-state index is 12.6. The first-order chi connectivity index (χ1) is 10.5. The summed E-state index contributed by atoms with van der Waals surface area (Å²) in [5.74, 6) is -2.00. The molecule has 7 nitrogen and oxygen atoms in total. The monoisotopic (exact) mass is 354 g/mol. The van der Waals surface area contributed by atoms with E-state index in [-0.39, 0.29) is 30.8 Å². The van der Waals surface area contributed by atoms with Gasteiger partial charge in [-0.25, -0.2) is 8.42 Å². The number of carbonyl (C=O) groups is 1. The van der Waals surface area contributed by atoms with Gasteiger partial charge in [0.25, 0.3) is 0 Å². The number of aryl methyl sites for hydroxylation is 2. The lowest BCUT2D eigenvalue weighted by Gasteiger charge is -2.31. The molecular weight excluding hydrogens is 337 g/mol. The zero-order valence-corrected chi connectivity index (χ0v) is 13.4. The van der Waals surface area contributed by atoms with Gasteiger partial charge in [0.15, 0.2) is 0 Å². The number of amides is 1. The van der Waals surface area contributed by atoms with E-state index >= 15 is 0 Å². The van der Waals surface area contributed by atoms with Crippen molar-refractivity contribution in [1.82, 2.24) is 19.8 Å². The van der Waals surface area contributed by atoms with E-state index in [4.69, 9.17) is 0 Å². The standard InChI is InChI=1S/C12H17F3N4O3S/c1-7-10(8(2)18-17-7)23(21,22)19-5-3-9(4-6-19)16-11(20)12(13,14)15/h9H,3-6H2,1-2H3,(H,16,20)(H,17,18). The second kappa shape index (κ2) is 6.11. The number of nitrogens with one attached hydrogen (secondary N) is 2. The van der Waals surface area contributed by atoms with E-state index in [1.54, 1.807) is 13.8 Å². The Morgan fingerprint density at radius 1 is 1.30 bits per heavy atom. The zero-order valence-electron chi connectivity index (χ0n) is 12.6. The first-order valence-electron chi connectivity index (χ1n) is 6.93. The molecule has 11 heteroatoms. The van der Waals surface area contributed by atoms with Crippen LogP contribution in [0.5, 0.6) is 0 Å². The van der Waals surface area contributed by atoms with E-state index in [9.17, 15) is 26.4 Å². The minimum atomic E-state index is -4.94. The Hall–Kier alpha value is -1.62. The molecule has 0 radical (unpaired) electrons. The average Bonchev–Trinajstić information content (AvgIpc) is 2.78. The summed E-state index contributed by atoms with van der Waals surface area (Å²) in [6.45, 7) is 3.22. The molecule has 1 aliphatic rings. The highest BCUT2D eigenvalue weighted by Crippen LogP contribution is 2.25. The molecular formula is C12H17F3N4O3S. The van der Waals surface area contributed by atoms with E-state index in [1.807, 2.05) is 5.32 Å². The van der Waals surface area contributed by atoms with Crippen LogP contribution in [0.15, 0.2) is 4.90 Å². The molecule has 2 N–H and O–H groups in total. The number of sulfonamides is 1. The van der Waals surface area contributed by atoms with Crippen molar-refractivity contribution in [3.05, 3.63) is 11.4 Å². The fourth-order valence-electron chi connectivity index (χ4n) is 2.56. The van der Waals surface area contributed by atoms with Crippen molar-refractivity contribution in [2.75, 3.05) is 13.1 Å². The third kappa shape index (κ3) is 3.66. The molecule has 0 saturated carbocycles. The van der Waals surface area contributed by atoms with Crippen molar-refractivity contribution in [3.8, 4) is 0 Å². The number of hydrogen-bond donors (Lipinski definition) is 2. The number of alkyl halides is 3. The number of aromatic amines is 1. The second-order valence-corrected chi connectivity index (χ2v) is 7.29.